The molecule has 2 aromatic heterocycles. The Hall–Kier alpha value is -2.02. The lowest BCUT2D eigenvalue weighted by Crippen LogP contribution is -2.48. The van der Waals surface area contributed by atoms with Gasteiger partial charge in [0.25, 0.3) is 0 Å². The Bertz CT molecular complexity index is 538. The molecule has 100 valence electrons. The molecule has 2 unspecified atom stereocenters. The molecule has 0 aromatic carbocycles. The van der Waals surface area contributed by atoms with E-state index < -0.39 is 0 Å². The average molecular weight is 259 g/mol. The number of nitrogens with two attached hydrogens (primary N) is 1. The van der Waals surface area contributed by atoms with Crippen LogP contribution in [0.15, 0.2) is 18.5 Å². The third-order valence-electron chi connectivity index (χ3n) is 3.63. The van der Waals surface area contributed by atoms with E-state index in [4.69, 9.17) is 5.73 Å². The van der Waals surface area contributed by atoms with E-state index in [9.17, 15) is 0 Å². The Balaban J connectivity index is 1.79. The van der Waals surface area contributed by atoms with Gasteiger partial charge in [0.1, 0.15) is 0 Å². The van der Waals surface area contributed by atoms with Crippen molar-refractivity contribution < 1.29 is 0 Å². The number of nitrogens with zero attached hydrogens (tertiary/aromatic N) is 5. The number of H-pyrrole nitrogens is 1. The van der Waals surface area contributed by atoms with Crippen molar-refractivity contribution in [2.75, 3.05) is 18.0 Å². The van der Waals surface area contributed by atoms with Crippen LogP contribution in [0.1, 0.15) is 13.3 Å². The number of nitrogens with one attached hydrogen (secondary N) is 1. The summed E-state index contributed by atoms with van der Waals surface area (Å²) in [5, 5.41) is 14.8. The molecule has 7 heteroatoms. The third kappa shape index (κ3) is 2.41. The molecule has 0 spiro atoms. The number of hydrogen-bond donors (Lipinski definition) is 2. The molecular formula is C12H17N7. The van der Waals surface area contributed by atoms with Crippen LogP contribution in [0, 0.1) is 5.92 Å². The number of anilines is 1. The summed E-state index contributed by atoms with van der Waals surface area (Å²) in [5.41, 5.74) is 6.98. The van der Waals surface area contributed by atoms with Crippen molar-refractivity contribution in [3.63, 3.8) is 0 Å². The van der Waals surface area contributed by atoms with Crippen LogP contribution in [-0.4, -0.2) is 44.5 Å². The van der Waals surface area contributed by atoms with Crippen LogP contribution in [0.25, 0.3) is 11.4 Å². The summed E-state index contributed by atoms with van der Waals surface area (Å²) in [6.45, 7) is 3.93. The summed E-state index contributed by atoms with van der Waals surface area (Å²) in [6, 6.07) is 2.03. The fourth-order valence-electron chi connectivity index (χ4n) is 2.24. The van der Waals surface area contributed by atoms with Gasteiger partial charge in [-0.05, 0) is 18.4 Å². The highest BCUT2D eigenvalue weighted by Gasteiger charge is 2.25. The SMILES string of the molecule is CC1CCN(c2n[nH]c(-c3ccnnc3)n2)CC1N. The second-order valence-corrected chi connectivity index (χ2v) is 4.99. The van der Waals surface area contributed by atoms with E-state index in [1.807, 2.05) is 6.07 Å². The topological polar surface area (TPSA) is 96.6 Å². The van der Waals surface area contributed by atoms with Crippen molar-refractivity contribution in [2.24, 2.45) is 11.7 Å². The van der Waals surface area contributed by atoms with Gasteiger partial charge in [-0.1, -0.05) is 6.92 Å². The van der Waals surface area contributed by atoms with E-state index in [0.717, 1.165) is 25.1 Å². The first-order valence-corrected chi connectivity index (χ1v) is 6.44. The number of aromatic nitrogens is 5. The molecule has 0 saturated carbocycles. The summed E-state index contributed by atoms with van der Waals surface area (Å²) in [6.07, 6.45) is 4.37. The molecule has 0 bridgehead atoms. The molecule has 19 heavy (non-hydrogen) atoms. The van der Waals surface area contributed by atoms with Gasteiger partial charge in [-0.25, -0.2) is 0 Å². The molecule has 2 aromatic rings. The Kier molecular flexibility index (Phi) is 3.12. The van der Waals surface area contributed by atoms with E-state index in [-0.39, 0.29) is 6.04 Å². The van der Waals surface area contributed by atoms with Crippen molar-refractivity contribution in [1.82, 2.24) is 25.4 Å². The minimum atomic E-state index is 0.179. The summed E-state index contributed by atoms with van der Waals surface area (Å²) in [5.74, 6) is 1.96. The van der Waals surface area contributed by atoms with Gasteiger partial charge in [0.05, 0.1) is 12.4 Å². The van der Waals surface area contributed by atoms with Crippen LogP contribution in [-0.2, 0) is 0 Å². The molecule has 0 amide bonds. The van der Waals surface area contributed by atoms with Gasteiger partial charge in [-0.15, -0.1) is 5.10 Å². The second kappa shape index (κ2) is 4.93. The molecule has 1 saturated heterocycles. The molecule has 3 N–H and O–H groups in total. The first-order valence-electron chi connectivity index (χ1n) is 6.44. The van der Waals surface area contributed by atoms with E-state index >= 15 is 0 Å². The predicted molar refractivity (Wildman–Crippen MR) is 71.4 cm³/mol. The van der Waals surface area contributed by atoms with Gasteiger partial charge in [-0.2, -0.15) is 15.2 Å². The molecule has 1 aliphatic rings. The van der Waals surface area contributed by atoms with Crippen LogP contribution in [0.2, 0.25) is 0 Å². The Morgan fingerprint density at radius 1 is 1.42 bits per heavy atom. The zero-order valence-electron chi connectivity index (χ0n) is 10.8. The van der Waals surface area contributed by atoms with Gasteiger partial charge < -0.3 is 10.6 Å². The largest absolute Gasteiger partial charge is 0.338 e. The smallest absolute Gasteiger partial charge is 0.245 e. The first-order chi connectivity index (χ1) is 9.24. The van der Waals surface area contributed by atoms with E-state index in [2.05, 4.69) is 37.2 Å². The summed E-state index contributed by atoms with van der Waals surface area (Å²) < 4.78 is 0. The predicted octanol–water partition coefficient (Wildman–Crippen LogP) is 0.435. The first kappa shape index (κ1) is 12.0. The van der Waals surface area contributed by atoms with E-state index in [0.29, 0.717) is 17.7 Å². The molecule has 7 nitrogen and oxygen atoms in total. The maximum absolute atomic E-state index is 6.10. The second-order valence-electron chi connectivity index (χ2n) is 4.99. The normalized spacial score (nSPS) is 23.6. The highest BCUT2D eigenvalue weighted by atomic mass is 15.4. The van der Waals surface area contributed by atoms with Crippen LogP contribution in [0.5, 0.6) is 0 Å². The lowest BCUT2D eigenvalue weighted by Gasteiger charge is -2.34. The zero-order valence-corrected chi connectivity index (χ0v) is 10.8. The fraction of sp³-hybridized carbons (Fsp3) is 0.500. The molecular weight excluding hydrogens is 242 g/mol. The van der Waals surface area contributed by atoms with Crippen LogP contribution in [0.4, 0.5) is 5.95 Å². The van der Waals surface area contributed by atoms with E-state index in [1.54, 1.807) is 12.4 Å². The molecule has 3 rings (SSSR count). The molecule has 3 heterocycles. The molecule has 1 aliphatic heterocycles. The van der Waals surface area contributed by atoms with Crippen molar-refractivity contribution in [3.8, 4) is 11.4 Å². The molecule has 0 radical (unpaired) electrons. The third-order valence-corrected chi connectivity index (χ3v) is 3.63. The highest BCUT2D eigenvalue weighted by molar-refractivity contribution is 5.54. The average Bonchev–Trinajstić information content (AvgIpc) is 2.93. The summed E-state index contributed by atoms with van der Waals surface area (Å²) in [4.78, 5) is 6.62. The Morgan fingerprint density at radius 3 is 3.05 bits per heavy atom. The van der Waals surface area contributed by atoms with Gasteiger partial charge in [0.2, 0.25) is 5.95 Å². The fourth-order valence-corrected chi connectivity index (χ4v) is 2.24. The minimum Gasteiger partial charge on any atom is -0.338 e. The van der Waals surface area contributed by atoms with E-state index in [1.165, 1.54) is 0 Å². The molecule has 0 aliphatic carbocycles. The standard InChI is InChI=1S/C12H17N7/c1-8-3-5-19(7-10(8)13)12-16-11(17-18-12)9-2-4-14-15-6-9/h2,4,6,8,10H,3,5,7,13H2,1H3,(H,16,17,18). The number of piperidine rings is 1. The minimum absolute atomic E-state index is 0.179. The number of hydrogen-bond acceptors (Lipinski definition) is 6. The number of aromatic amines is 1. The number of rotatable bonds is 2. The van der Waals surface area contributed by atoms with Crippen LogP contribution < -0.4 is 10.6 Å². The van der Waals surface area contributed by atoms with Crippen molar-refractivity contribution in [1.29, 1.82) is 0 Å². The van der Waals surface area contributed by atoms with Crippen LogP contribution >= 0.6 is 0 Å². The maximum Gasteiger partial charge on any atom is 0.245 e. The summed E-state index contributed by atoms with van der Waals surface area (Å²) >= 11 is 0. The Morgan fingerprint density at radius 2 is 2.32 bits per heavy atom. The molecule has 1 fully saturated rings. The van der Waals surface area contributed by atoms with Crippen LogP contribution in [0.3, 0.4) is 0 Å². The Labute approximate surface area is 111 Å². The highest BCUT2D eigenvalue weighted by Crippen LogP contribution is 2.21. The van der Waals surface area contributed by atoms with Crippen molar-refractivity contribution in [3.05, 3.63) is 18.5 Å². The lowest BCUT2D eigenvalue weighted by molar-refractivity contribution is 0.376. The van der Waals surface area contributed by atoms with Crippen molar-refractivity contribution in [2.45, 2.75) is 19.4 Å². The zero-order chi connectivity index (χ0) is 13.2. The van der Waals surface area contributed by atoms with Gasteiger partial charge in [-0.3, -0.25) is 5.10 Å². The van der Waals surface area contributed by atoms with Gasteiger partial charge in [0.15, 0.2) is 5.82 Å². The maximum atomic E-state index is 6.10. The quantitative estimate of drug-likeness (QED) is 0.812. The molecule has 2 atom stereocenters. The summed E-state index contributed by atoms with van der Waals surface area (Å²) in [7, 11) is 0. The van der Waals surface area contributed by atoms with Gasteiger partial charge in [0, 0.05) is 24.7 Å². The van der Waals surface area contributed by atoms with Crippen molar-refractivity contribution >= 4 is 5.95 Å². The van der Waals surface area contributed by atoms with Gasteiger partial charge >= 0.3 is 0 Å². The monoisotopic (exact) mass is 259 g/mol. The lowest BCUT2D eigenvalue weighted by atomic mass is 9.95.